The summed E-state index contributed by atoms with van der Waals surface area (Å²) in [5.74, 6) is 0. The standard InChI is InChI=1S/C17H13ClN4OS/c1-21-7-11(6-20-21)8-22-10-19-16-15(17(22)23)13(9-24-16)12-4-2-3-5-14(12)18/h2-7,9-10H,8H2,1H3. The molecule has 0 aliphatic carbocycles. The third kappa shape index (κ3) is 2.53. The lowest BCUT2D eigenvalue weighted by atomic mass is 10.1. The normalized spacial score (nSPS) is 11.2. The molecule has 3 heterocycles. The van der Waals surface area contributed by atoms with Crippen LogP contribution in [-0.2, 0) is 13.6 Å². The number of aromatic nitrogens is 4. The fourth-order valence-electron chi connectivity index (χ4n) is 2.71. The number of hydrogen-bond acceptors (Lipinski definition) is 4. The van der Waals surface area contributed by atoms with Gasteiger partial charge in [0.15, 0.2) is 0 Å². The van der Waals surface area contributed by atoms with E-state index in [0.717, 1.165) is 21.5 Å². The Hall–Kier alpha value is -2.44. The molecule has 0 unspecified atom stereocenters. The van der Waals surface area contributed by atoms with E-state index in [2.05, 4.69) is 10.1 Å². The van der Waals surface area contributed by atoms with Gasteiger partial charge in [0.2, 0.25) is 0 Å². The molecule has 0 aliphatic rings. The van der Waals surface area contributed by atoms with Gasteiger partial charge in [-0.3, -0.25) is 14.0 Å². The highest BCUT2D eigenvalue weighted by Crippen LogP contribution is 2.34. The number of nitrogens with zero attached hydrogens (tertiary/aromatic N) is 4. The molecule has 0 N–H and O–H groups in total. The topological polar surface area (TPSA) is 52.7 Å². The van der Waals surface area contributed by atoms with Crippen molar-refractivity contribution in [2.45, 2.75) is 6.54 Å². The molecule has 0 bridgehead atoms. The van der Waals surface area contributed by atoms with Gasteiger partial charge in [-0.15, -0.1) is 11.3 Å². The number of fused-ring (bicyclic) bond motifs is 1. The van der Waals surface area contributed by atoms with Crippen molar-refractivity contribution < 1.29 is 0 Å². The summed E-state index contributed by atoms with van der Waals surface area (Å²) >= 11 is 7.76. The molecule has 0 amide bonds. The molecular formula is C17H13ClN4OS. The van der Waals surface area contributed by atoms with Gasteiger partial charge in [-0.25, -0.2) is 4.98 Å². The average molecular weight is 357 g/mol. The molecular weight excluding hydrogens is 344 g/mol. The van der Waals surface area contributed by atoms with Gasteiger partial charge in [0.1, 0.15) is 4.83 Å². The maximum absolute atomic E-state index is 13.0. The van der Waals surface area contributed by atoms with Gasteiger partial charge >= 0.3 is 0 Å². The SMILES string of the molecule is Cn1cc(Cn2cnc3scc(-c4ccccc4Cl)c3c2=O)cn1. The number of hydrogen-bond donors (Lipinski definition) is 0. The van der Waals surface area contributed by atoms with Gasteiger partial charge in [0.05, 0.1) is 24.5 Å². The van der Waals surface area contributed by atoms with Crippen LogP contribution in [0.5, 0.6) is 0 Å². The average Bonchev–Trinajstić information content (AvgIpc) is 3.17. The predicted octanol–water partition coefficient (Wildman–Crippen LogP) is 3.56. The number of aryl methyl sites for hydroxylation is 1. The number of thiophene rings is 1. The quantitative estimate of drug-likeness (QED) is 0.564. The molecule has 5 nitrogen and oxygen atoms in total. The predicted molar refractivity (Wildman–Crippen MR) is 96.6 cm³/mol. The van der Waals surface area contributed by atoms with Gasteiger partial charge in [0, 0.05) is 40.3 Å². The van der Waals surface area contributed by atoms with Gasteiger partial charge in [0.25, 0.3) is 5.56 Å². The first-order valence-electron chi connectivity index (χ1n) is 7.32. The van der Waals surface area contributed by atoms with Crippen molar-refractivity contribution in [3.63, 3.8) is 0 Å². The van der Waals surface area contributed by atoms with Crippen LogP contribution < -0.4 is 5.56 Å². The molecule has 0 fully saturated rings. The van der Waals surface area contributed by atoms with Crippen molar-refractivity contribution in [3.8, 4) is 11.1 Å². The van der Waals surface area contributed by atoms with Crippen LogP contribution in [0, 0.1) is 0 Å². The van der Waals surface area contributed by atoms with Crippen LogP contribution in [0.3, 0.4) is 0 Å². The zero-order valence-electron chi connectivity index (χ0n) is 12.8. The first kappa shape index (κ1) is 15.1. The molecule has 4 rings (SSSR count). The van der Waals surface area contributed by atoms with Crippen molar-refractivity contribution in [3.05, 3.63) is 69.3 Å². The summed E-state index contributed by atoms with van der Waals surface area (Å²) in [6, 6.07) is 7.53. The Labute approximate surface area is 146 Å². The Bertz CT molecular complexity index is 1100. The molecule has 4 aromatic rings. The maximum atomic E-state index is 13.0. The molecule has 1 aromatic carbocycles. The highest BCUT2D eigenvalue weighted by atomic mass is 35.5. The van der Waals surface area contributed by atoms with E-state index in [1.54, 1.807) is 21.8 Å². The summed E-state index contributed by atoms with van der Waals surface area (Å²) in [4.78, 5) is 18.1. The van der Waals surface area contributed by atoms with Crippen molar-refractivity contribution in [2.24, 2.45) is 7.05 Å². The van der Waals surface area contributed by atoms with Crippen LogP contribution in [0.15, 0.2) is 53.2 Å². The maximum Gasteiger partial charge on any atom is 0.263 e. The summed E-state index contributed by atoms with van der Waals surface area (Å²) in [7, 11) is 1.85. The van der Waals surface area contributed by atoms with Gasteiger partial charge in [-0.1, -0.05) is 29.8 Å². The molecule has 0 saturated carbocycles. The monoisotopic (exact) mass is 356 g/mol. The summed E-state index contributed by atoms with van der Waals surface area (Å²) in [6.07, 6.45) is 5.23. The highest BCUT2D eigenvalue weighted by molar-refractivity contribution is 7.17. The Kier molecular flexibility index (Phi) is 3.70. The second-order valence-electron chi connectivity index (χ2n) is 5.51. The zero-order valence-corrected chi connectivity index (χ0v) is 14.4. The van der Waals surface area contributed by atoms with Crippen molar-refractivity contribution in [1.29, 1.82) is 0 Å². The van der Waals surface area contributed by atoms with E-state index in [-0.39, 0.29) is 5.56 Å². The molecule has 0 saturated heterocycles. The molecule has 0 atom stereocenters. The van der Waals surface area contributed by atoms with E-state index in [1.165, 1.54) is 11.3 Å². The Balaban J connectivity index is 1.88. The van der Waals surface area contributed by atoms with Crippen LogP contribution in [-0.4, -0.2) is 19.3 Å². The highest BCUT2D eigenvalue weighted by Gasteiger charge is 2.15. The van der Waals surface area contributed by atoms with Gasteiger partial charge in [-0.05, 0) is 6.07 Å². The fourth-order valence-corrected chi connectivity index (χ4v) is 3.84. The second-order valence-corrected chi connectivity index (χ2v) is 6.77. The van der Waals surface area contributed by atoms with Crippen LogP contribution >= 0.6 is 22.9 Å². The van der Waals surface area contributed by atoms with Crippen LogP contribution in [0.2, 0.25) is 5.02 Å². The molecule has 7 heteroatoms. The lowest BCUT2D eigenvalue weighted by molar-refractivity contribution is 0.743. The van der Waals surface area contributed by atoms with Crippen molar-refractivity contribution in [2.75, 3.05) is 0 Å². The van der Waals surface area contributed by atoms with Crippen LogP contribution in [0.4, 0.5) is 0 Å². The van der Waals surface area contributed by atoms with E-state index in [4.69, 9.17) is 11.6 Å². The molecule has 24 heavy (non-hydrogen) atoms. The van der Waals surface area contributed by atoms with E-state index in [0.29, 0.717) is 17.0 Å². The summed E-state index contributed by atoms with van der Waals surface area (Å²) < 4.78 is 3.32. The fraction of sp³-hybridized carbons (Fsp3) is 0.118. The first-order chi connectivity index (χ1) is 11.6. The van der Waals surface area contributed by atoms with E-state index < -0.39 is 0 Å². The smallest absolute Gasteiger partial charge is 0.263 e. The van der Waals surface area contributed by atoms with E-state index in [1.807, 2.05) is 42.9 Å². The minimum Gasteiger partial charge on any atom is -0.294 e. The number of halogens is 1. The van der Waals surface area contributed by atoms with Gasteiger partial charge in [-0.2, -0.15) is 5.10 Å². The molecule has 0 radical (unpaired) electrons. The minimum atomic E-state index is -0.0694. The van der Waals surface area contributed by atoms with Crippen LogP contribution in [0.25, 0.3) is 21.3 Å². The third-order valence-electron chi connectivity index (χ3n) is 3.84. The van der Waals surface area contributed by atoms with Crippen LogP contribution in [0.1, 0.15) is 5.56 Å². The first-order valence-corrected chi connectivity index (χ1v) is 8.58. The Morgan fingerprint density at radius 1 is 1.25 bits per heavy atom. The Morgan fingerprint density at radius 2 is 2.08 bits per heavy atom. The molecule has 3 aromatic heterocycles. The third-order valence-corrected chi connectivity index (χ3v) is 5.05. The largest absolute Gasteiger partial charge is 0.294 e. The zero-order chi connectivity index (χ0) is 16.7. The second kappa shape index (κ2) is 5.89. The van der Waals surface area contributed by atoms with Crippen molar-refractivity contribution >= 4 is 33.2 Å². The molecule has 120 valence electrons. The minimum absolute atomic E-state index is 0.0694. The lowest BCUT2D eigenvalue weighted by Gasteiger charge is -2.05. The number of rotatable bonds is 3. The molecule has 0 aliphatic heterocycles. The van der Waals surface area contributed by atoms with Crippen molar-refractivity contribution in [1.82, 2.24) is 19.3 Å². The number of benzene rings is 1. The summed E-state index contributed by atoms with van der Waals surface area (Å²) in [6.45, 7) is 0.438. The molecule has 0 spiro atoms. The summed E-state index contributed by atoms with van der Waals surface area (Å²) in [5, 5.41) is 7.31. The van der Waals surface area contributed by atoms with E-state index >= 15 is 0 Å². The van der Waals surface area contributed by atoms with E-state index in [9.17, 15) is 4.79 Å². The summed E-state index contributed by atoms with van der Waals surface area (Å²) in [5.41, 5.74) is 2.57. The van der Waals surface area contributed by atoms with Gasteiger partial charge < -0.3 is 0 Å². The lowest BCUT2D eigenvalue weighted by Crippen LogP contribution is -2.20. The Morgan fingerprint density at radius 3 is 2.83 bits per heavy atom.